The largest absolute Gasteiger partial charge is 0.497 e. The van der Waals surface area contributed by atoms with Crippen LogP contribution < -0.4 is 20.1 Å². The molecule has 3 aromatic carbocycles. The van der Waals surface area contributed by atoms with Crippen molar-refractivity contribution in [1.29, 1.82) is 0 Å². The van der Waals surface area contributed by atoms with Crippen molar-refractivity contribution in [2.75, 3.05) is 14.2 Å². The molecule has 0 saturated carbocycles. The lowest BCUT2D eigenvalue weighted by Gasteiger charge is -2.17. The molecule has 0 fully saturated rings. The van der Waals surface area contributed by atoms with Crippen LogP contribution in [0.3, 0.4) is 0 Å². The molecule has 9 heteroatoms. The van der Waals surface area contributed by atoms with E-state index < -0.39 is 23.8 Å². The van der Waals surface area contributed by atoms with Crippen LogP contribution in [0.4, 0.5) is 0 Å². The summed E-state index contributed by atoms with van der Waals surface area (Å²) >= 11 is 3.33. The first kappa shape index (κ1) is 26.5. The van der Waals surface area contributed by atoms with Crippen molar-refractivity contribution in [2.24, 2.45) is 0 Å². The van der Waals surface area contributed by atoms with Crippen molar-refractivity contribution >= 4 is 39.8 Å². The Morgan fingerprint density at radius 2 is 1.67 bits per heavy atom. The van der Waals surface area contributed by atoms with Crippen molar-refractivity contribution < 1.29 is 29.0 Å². The summed E-state index contributed by atoms with van der Waals surface area (Å²) in [6, 6.07) is 19.4. The predicted octanol–water partition coefficient (Wildman–Crippen LogP) is 4.05. The first-order chi connectivity index (χ1) is 17.3. The molecule has 3 rings (SSSR count). The van der Waals surface area contributed by atoms with E-state index in [1.165, 1.54) is 20.3 Å². The zero-order chi connectivity index (χ0) is 26.1. The number of carboxylic acid groups (broad SMARTS) is 1. The lowest BCUT2D eigenvalue weighted by atomic mass is 10.1. The minimum absolute atomic E-state index is 0.0687. The molecule has 0 bridgehead atoms. The molecule has 0 radical (unpaired) electrons. The van der Waals surface area contributed by atoms with Crippen LogP contribution >= 0.6 is 15.9 Å². The Kier molecular flexibility index (Phi) is 9.24. The summed E-state index contributed by atoms with van der Waals surface area (Å²) in [7, 11) is 2.98. The second kappa shape index (κ2) is 12.6. The van der Waals surface area contributed by atoms with Gasteiger partial charge in [0.25, 0.3) is 11.8 Å². The van der Waals surface area contributed by atoms with Crippen molar-refractivity contribution in [1.82, 2.24) is 10.6 Å². The highest BCUT2D eigenvalue weighted by Gasteiger charge is 2.24. The van der Waals surface area contributed by atoms with Crippen LogP contribution in [-0.4, -0.2) is 43.2 Å². The normalized spacial score (nSPS) is 11.8. The molecule has 36 heavy (non-hydrogen) atoms. The molecule has 0 aliphatic rings. The minimum atomic E-state index is -1.22. The fourth-order valence-electron chi connectivity index (χ4n) is 3.37. The Bertz CT molecular complexity index is 1280. The topological polar surface area (TPSA) is 114 Å². The molecule has 0 saturated heterocycles. The zero-order valence-electron chi connectivity index (χ0n) is 19.7. The van der Waals surface area contributed by atoms with E-state index in [9.17, 15) is 19.5 Å². The Labute approximate surface area is 217 Å². The standard InChI is InChI=1S/C27H25BrN2O6/c1-35-19-13-12-18(24(16-19)36-2)15-22(29-25(31)20-10-6-7-11-21(20)28)26(32)30-23(27(33)34)14-17-8-4-3-5-9-17/h3-13,15-16,23H,14H2,1-2H3,(H,29,31)(H,30,32)(H,33,34)/b22-15-/t23-/m1/s1. The number of benzene rings is 3. The molecule has 0 aromatic heterocycles. The number of hydrogen-bond donors (Lipinski definition) is 3. The minimum Gasteiger partial charge on any atom is -0.497 e. The van der Waals surface area contributed by atoms with Gasteiger partial charge < -0.3 is 25.2 Å². The van der Waals surface area contributed by atoms with Crippen LogP contribution in [0.25, 0.3) is 6.08 Å². The van der Waals surface area contributed by atoms with E-state index in [1.807, 2.05) is 6.07 Å². The molecular formula is C27H25BrN2O6. The highest BCUT2D eigenvalue weighted by Crippen LogP contribution is 2.26. The fourth-order valence-corrected chi connectivity index (χ4v) is 3.84. The lowest BCUT2D eigenvalue weighted by molar-refractivity contribution is -0.141. The summed E-state index contributed by atoms with van der Waals surface area (Å²) in [6.45, 7) is 0. The summed E-state index contributed by atoms with van der Waals surface area (Å²) in [4.78, 5) is 38.2. The van der Waals surface area contributed by atoms with Gasteiger partial charge in [0.2, 0.25) is 0 Å². The molecule has 1 atom stereocenters. The van der Waals surface area contributed by atoms with Crippen LogP contribution in [0.2, 0.25) is 0 Å². The van der Waals surface area contributed by atoms with E-state index in [1.54, 1.807) is 66.7 Å². The summed E-state index contributed by atoms with van der Waals surface area (Å²) in [6.07, 6.45) is 1.49. The number of hydrogen-bond acceptors (Lipinski definition) is 5. The maximum absolute atomic E-state index is 13.3. The van der Waals surface area contributed by atoms with Crippen molar-refractivity contribution in [3.63, 3.8) is 0 Å². The number of rotatable bonds is 10. The second-order valence-electron chi connectivity index (χ2n) is 7.65. The third kappa shape index (κ3) is 6.96. The summed E-state index contributed by atoms with van der Waals surface area (Å²) < 4.78 is 11.2. The van der Waals surface area contributed by atoms with Gasteiger partial charge >= 0.3 is 5.97 Å². The number of nitrogens with one attached hydrogen (secondary N) is 2. The van der Waals surface area contributed by atoms with Gasteiger partial charge in [-0.15, -0.1) is 0 Å². The number of carbonyl (C=O) groups excluding carboxylic acids is 2. The number of methoxy groups -OCH3 is 2. The molecule has 0 heterocycles. The van der Waals surface area contributed by atoms with Crippen LogP contribution in [0, 0.1) is 0 Å². The summed E-state index contributed by atoms with van der Waals surface area (Å²) in [5.74, 6) is -1.58. The molecule has 3 N–H and O–H groups in total. The number of aliphatic carboxylic acids is 1. The Morgan fingerprint density at radius 3 is 2.31 bits per heavy atom. The van der Waals surface area contributed by atoms with Crippen molar-refractivity contribution in [3.05, 3.63) is 99.7 Å². The highest BCUT2D eigenvalue weighted by molar-refractivity contribution is 9.10. The second-order valence-corrected chi connectivity index (χ2v) is 8.51. The van der Waals surface area contributed by atoms with Gasteiger partial charge in [-0.1, -0.05) is 42.5 Å². The fraction of sp³-hybridized carbons (Fsp3) is 0.148. The van der Waals surface area contributed by atoms with Gasteiger partial charge in [0.1, 0.15) is 23.2 Å². The van der Waals surface area contributed by atoms with E-state index >= 15 is 0 Å². The van der Waals surface area contributed by atoms with Crippen LogP contribution in [-0.2, 0) is 16.0 Å². The van der Waals surface area contributed by atoms with E-state index in [0.717, 1.165) is 5.56 Å². The van der Waals surface area contributed by atoms with Gasteiger partial charge in [-0.05, 0) is 51.8 Å². The SMILES string of the molecule is COc1ccc(/C=C(\NC(=O)c2ccccc2Br)C(=O)N[C@H](Cc2ccccc2)C(=O)O)c(OC)c1. The van der Waals surface area contributed by atoms with Gasteiger partial charge in [0, 0.05) is 22.5 Å². The third-order valence-electron chi connectivity index (χ3n) is 5.24. The van der Waals surface area contributed by atoms with Gasteiger partial charge in [-0.3, -0.25) is 9.59 Å². The number of carbonyl (C=O) groups is 3. The lowest BCUT2D eigenvalue weighted by Crippen LogP contribution is -2.45. The van der Waals surface area contributed by atoms with Crippen LogP contribution in [0.15, 0.2) is 83.0 Å². The van der Waals surface area contributed by atoms with E-state index in [4.69, 9.17) is 9.47 Å². The predicted molar refractivity (Wildman–Crippen MR) is 139 cm³/mol. The number of amides is 2. The Morgan fingerprint density at radius 1 is 0.972 bits per heavy atom. The smallest absolute Gasteiger partial charge is 0.326 e. The first-order valence-electron chi connectivity index (χ1n) is 10.9. The summed E-state index contributed by atoms with van der Waals surface area (Å²) in [5, 5.41) is 14.9. The molecule has 0 spiro atoms. The maximum Gasteiger partial charge on any atom is 0.326 e. The average Bonchev–Trinajstić information content (AvgIpc) is 2.88. The molecule has 186 valence electrons. The van der Waals surface area contributed by atoms with Crippen molar-refractivity contribution in [3.8, 4) is 11.5 Å². The van der Waals surface area contributed by atoms with E-state index in [-0.39, 0.29) is 12.1 Å². The summed E-state index contributed by atoms with van der Waals surface area (Å²) in [5.41, 5.74) is 1.37. The van der Waals surface area contributed by atoms with Gasteiger partial charge in [0.15, 0.2) is 0 Å². The quantitative estimate of drug-likeness (QED) is 0.327. The molecule has 0 aliphatic carbocycles. The maximum atomic E-state index is 13.3. The number of ether oxygens (including phenoxy) is 2. The van der Waals surface area contributed by atoms with Gasteiger partial charge in [0.05, 0.1) is 19.8 Å². The molecule has 8 nitrogen and oxygen atoms in total. The van der Waals surface area contributed by atoms with Gasteiger partial charge in [-0.25, -0.2) is 4.79 Å². The zero-order valence-corrected chi connectivity index (χ0v) is 21.2. The van der Waals surface area contributed by atoms with Crippen LogP contribution in [0.1, 0.15) is 21.5 Å². The van der Waals surface area contributed by atoms with Crippen molar-refractivity contribution in [2.45, 2.75) is 12.5 Å². The number of carboxylic acids is 1. The molecule has 2 amide bonds. The molecule has 0 aliphatic heterocycles. The Hall–Kier alpha value is -4.11. The Balaban J connectivity index is 1.96. The molecule has 0 unspecified atom stereocenters. The van der Waals surface area contributed by atoms with E-state index in [0.29, 0.717) is 27.1 Å². The highest BCUT2D eigenvalue weighted by atomic mass is 79.9. The van der Waals surface area contributed by atoms with Gasteiger partial charge in [-0.2, -0.15) is 0 Å². The number of halogens is 1. The average molecular weight is 553 g/mol. The molecular weight excluding hydrogens is 528 g/mol. The first-order valence-corrected chi connectivity index (χ1v) is 11.7. The monoisotopic (exact) mass is 552 g/mol. The third-order valence-corrected chi connectivity index (χ3v) is 5.93. The molecule has 3 aromatic rings. The van der Waals surface area contributed by atoms with E-state index in [2.05, 4.69) is 26.6 Å². The van der Waals surface area contributed by atoms with Crippen LogP contribution in [0.5, 0.6) is 11.5 Å².